The van der Waals surface area contributed by atoms with Crippen molar-refractivity contribution in [1.82, 2.24) is 10.2 Å². The number of hydrogen-bond donors (Lipinski definition) is 1. The van der Waals surface area contributed by atoms with Crippen molar-refractivity contribution in [3.8, 4) is 11.5 Å². The molecule has 25 heavy (non-hydrogen) atoms. The zero-order valence-electron chi connectivity index (χ0n) is 14.7. The van der Waals surface area contributed by atoms with Gasteiger partial charge in [-0.25, -0.2) is 0 Å². The average Bonchev–Trinajstić information content (AvgIpc) is 2.65. The predicted octanol–water partition coefficient (Wildman–Crippen LogP) is 2.44. The highest BCUT2D eigenvalue weighted by atomic mass is 35.5. The van der Waals surface area contributed by atoms with Crippen molar-refractivity contribution in [2.75, 3.05) is 33.2 Å². The predicted molar refractivity (Wildman–Crippen MR) is 96.6 cm³/mol. The minimum absolute atomic E-state index is 0.0270. The molecule has 0 aliphatic carbocycles. The van der Waals surface area contributed by atoms with Crippen molar-refractivity contribution < 1.29 is 19.1 Å². The van der Waals surface area contributed by atoms with Crippen LogP contribution in [0.25, 0.3) is 0 Å². The lowest BCUT2D eigenvalue weighted by Gasteiger charge is -2.32. The van der Waals surface area contributed by atoms with Gasteiger partial charge in [0.2, 0.25) is 5.91 Å². The first-order valence-corrected chi connectivity index (χ1v) is 8.99. The molecule has 6 nitrogen and oxygen atoms in total. The van der Waals surface area contributed by atoms with Crippen molar-refractivity contribution in [3.63, 3.8) is 0 Å². The Hall–Kier alpha value is -1.95. The van der Waals surface area contributed by atoms with E-state index in [2.05, 4.69) is 5.32 Å². The molecule has 7 heteroatoms. The summed E-state index contributed by atoms with van der Waals surface area (Å²) >= 11 is 5.63. The standard InChI is InChI=1S/C18H25ClN2O4/c1-24-14-5-3-6-15(25-2)17(14)18(23)20-13-8-11-21(12-9-13)16(22)7-4-10-19/h3,5-6,13H,4,7-12H2,1-2H3,(H,20,23). The molecule has 0 atom stereocenters. The molecule has 1 aliphatic rings. The van der Waals surface area contributed by atoms with Gasteiger partial charge in [0.1, 0.15) is 17.1 Å². The van der Waals surface area contributed by atoms with Crippen molar-refractivity contribution in [3.05, 3.63) is 23.8 Å². The molecule has 1 heterocycles. The largest absolute Gasteiger partial charge is 0.496 e. The lowest BCUT2D eigenvalue weighted by atomic mass is 10.0. The number of methoxy groups -OCH3 is 2. The van der Waals surface area contributed by atoms with E-state index in [1.165, 1.54) is 14.2 Å². The maximum atomic E-state index is 12.7. The van der Waals surface area contributed by atoms with E-state index in [0.29, 0.717) is 48.9 Å². The molecule has 0 saturated carbocycles. The third-order valence-electron chi connectivity index (χ3n) is 4.36. The van der Waals surface area contributed by atoms with Crippen LogP contribution >= 0.6 is 11.6 Å². The second-order valence-electron chi connectivity index (χ2n) is 5.96. The quantitative estimate of drug-likeness (QED) is 0.750. The molecular weight excluding hydrogens is 344 g/mol. The van der Waals surface area contributed by atoms with Gasteiger partial charge in [0.05, 0.1) is 14.2 Å². The van der Waals surface area contributed by atoms with Crippen LogP contribution in [-0.2, 0) is 4.79 Å². The highest BCUT2D eigenvalue weighted by Crippen LogP contribution is 2.28. The summed E-state index contributed by atoms with van der Waals surface area (Å²) in [6.45, 7) is 1.30. The number of amides is 2. The molecule has 2 rings (SSSR count). The van der Waals surface area contributed by atoms with Crippen LogP contribution in [0.4, 0.5) is 0 Å². The first kappa shape index (κ1) is 19.4. The number of hydrogen-bond acceptors (Lipinski definition) is 4. The number of carbonyl (C=O) groups is 2. The number of halogens is 1. The summed E-state index contributed by atoms with van der Waals surface area (Å²) in [5.41, 5.74) is 0.396. The number of ether oxygens (including phenoxy) is 2. The molecule has 1 aromatic carbocycles. The number of nitrogens with one attached hydrogen (secondary N) is 1. The number of carbonyl (C=O) groups excluding carboxylic acids is 2. The van der Waals surface area contributed by atoms with Gasteiger partial charge in [-0.3, -0.25) is 9.59 Å². The van der Waals surface area contributed by atoms with E-state index in [1.807, 2.05) is 4.90 Å². The summed E-state index contributed by atoms with van der Waals surface area (Å²) in [5, 5.41) is 3.03. The average molecular weight is 369 g/mol. The number of rotatable bonds is 7. The van der Waals surface area contributed by atoms with Crippen LogP contribution in [0.3, 0.4) is 0 Å². The molecule has 2 amide bonds. The lowest BCUT2D eigenvalue weighted by molar-refractivity contribution is -0.132. The van der Waals surface area contributed by atoms with E-state index >= 15 is 0 Å². The maximum absolute atomic E-state index is 12.7. The maximum Gasteiger partial charge on any atom is 0.259 e. The van der Waals surface area contributed by atoms with Crippen LogP contribution in [0.15, 0.2) is 18.2 Å². The summed E-state index contributed by atoms with van der Waals surface area (Å²) in [5.74, 6) is 1.37. The Morgan fingerprint density at radius 3 is 2.32 bits per heavy atom. The minimum Gasteiger partial charge on any atom is -0.496 e. The summed E-state index contributed by atoms with van der Waals surface area (Å²) in [7, 11) is 3.05. The zero-order valence-corrected chi connectivity index (χ0v) is 15.5. The fourth-order valence-electron chi connectivity index (χ4n) is 2.98. The van der Waals surface area contributed by atoms with Gasteiger partial charge < -0.3 is 19.7 Å². The van der Waals surface area contributed by atoms with E-state index in [9.17, 15) is 9.59 Å². The molecule has 0 spiro atoms. The van der Waals surface area contributed by atoms with Gasteiger partial charge in [-0.05, 0) is 31.4 Å². The van der Waals surface area contributed by atoms with E-state index < -0.39 is 0 Å². The highest BCUT2D eigenvalue weighted by Gasteiger charge is 2.26. The monoisotopic (exact) mass is 368 g/mol. The number of likely N-dealkylation sites (tertiary alicyclic amines) is 1. The van der Waals surface area contributed by atoms with Crippen LogP contribution in [-0.4, -0.2) is 55.9 Å². The molecule has 1 aromatic rings. The SMILES string of the molecule is COc1cccc(OC)c1C(=O)NC1CCN(C(=O)CCCCl)CC1. The second-order valence-corrected chi connectivity index (χ2v) is 6.34. The van der Waals surface area contributed by atoms with E-state index in [4.69, 9.17) is 21.1 Å². The van der Waals surface area contributed by atoms with Crippen LogP contribution in [0.1, 0.15) is 36.0 Å². The van der Waals surface area contributed by atoms with Gasteiger partial charge in [0.15, 0.2) is 0 Å². The van der Waals surface area contributed by atoms with Gasteiger partial charge in [0.25, 0.3) is 5.91 Å². The van der Waals surface area contributed by atoms with Gasteiger partial charge in [-0.2, -0.15) is 0 Å². The summed E-state index contributed by atoms with van der Waals surface area (Å²) in [6, 6.07) is 5.27. The van der Waals surface area contributed by atoms with Gasteiger partial charge in [-0.15, -0.1) is 11.6 Å². The smallest absolute Gasteiger partial charge is 0.259 e. The Labute approximate surface area is 153 Å². The van der Waals surface area contributed by atoms with Gasteiger partial charge >= 0.3 is 0 Å². The summed E-state index contributed by atoms with van der Waals surface area (Å²) in [4.78, 5) is 26.5. The van der Waals surface area contributed by atoms with E-state index in [1.54, 1.807) is 18.2 Å². The molecular formula is C18H25ClN2O4. The van der Waals surface area contributed by atoms with E-state index in [0.717, 1.165) is 12.8 Å². The van der Waals surface area contributed by atoms with Crippen molar-refractivity contribution in [2.24, 2.45) is 0 Å². The normalized spacial score (nSPS) is 14.9. The lowest BCUT2D eigenvalue weighted by Crippen LogP contribution is -2.46. The third-order valence-corrected chi connectivity index (χ3v) is 4.63. The Morgan fingerprint density at radius 2 is 1.80 bits per heavy atom. The fourth-order valence-corrected chi connectivity index (χ4v) is 3.12. The Bertz CT molecular complexity index is 578. The number of piperidine rings is 1. The first-order chi connectivity index (χ1) is 12.1. The molecule has 0 bridgehead atoms. The third kappa shape index (κ3) is 5.01. The molecule has 1 N–H and O–H groups in total. The summed E-state index contributed by atoms with van der Waals surface area (Å²) < 4.78 is 10.6. The number of benzene rings is 1. The molecule has 1 fully saturated rings. The molecule has 0 radical (unpaired) electrons. The van der Waals surface area contributed by atoms with Gasteiger partial charge in [-0.1, -0.05) is 6.07 Å². The summed E-state index contributed by atoms with van der Waals surface area (Å²) in [6.07, 6.45) is 2.65. The minimum atomic E-state index is -0.221. The fraction of sp³-hybridized carbons (Fsp3) is 0.556. The van der Waals surface area contributed by atoms with Crippen molar-refractivity contribution >= 4 is 23.4 Å². The van der Waals surface area contributed by atoms with Crippen LogP contribution < -0.4 is 14.8 Å². The van der Waals surface area contributed by atoms with Crippen molar-refractivity contribution in [1.29, 1.82) is 0 Å². The van der Waals surface area contributed by atoms with Gasteiger partial charge in [0, 0.05) is 31.4 Å². The van der Waals surface area contributed by atoms with E-state index in [-0.39, 0.29) is 17.9 Å². The molecule has 0 aromatic heterocycles. The van der Waals surface area contributed by atoms with Crippen LogP contribution in [0, 0.1) is 0 Å². The Kier molecular flexibility index (Phi) is 7.37. The molecule has 1 saturated heterocycles. The molecule has 0 unspecified atom stereocenters. The number of nitrogens with zero attached hydrogens (tertiary/aromatic N) is 1. The van der Waals surface area contributed by atoms with Crippen LogP contribution in [0.2, 0.25) is 0 Å². The topological polar surface area (TPSA) is 67.9 Å². The Morgan fingerprint density at radius 1 is 1.20 bits per heavy atom. The first-order valence-electron chi connectivity index (χ1n) is 8.46. The van der Waals surface area contributed by atoms with Crippen molar-refractivity contribution in [2.45, 2.75) is 31.7 Å². The molecule has 138 valence electrons. The highest BCUT2D eigenvalue weighted by molar-refractivity contribution is 6.17. The van der Waals surface area contributed by atoms with Crippen LogP contribution in [0.5, 0.6) is 11.5 Å². The molecule has 1 aliphatic heterocycles. The zero-order chi connectivity index (χ0) is 18.2. The number of alkyl halides is 1. The Balaban J connectivity index is 1.94. The second kappa shape index (κ2) is 9.51.